The molecule has 208 valence electrons. The van der Waals surface area contributed by atoms with E-state index >= 15 is 0 Å². The minimum absolute atomic E-state index is 0.0301. The molecule has 4 aromatic heterocycles. The highest BCUT2D eigenvalue weighted by Gasteiger charge is 2.10. The quantitative estimate of drug-likeness (QED) is 0.209. The molecule has 4 heterocycles. The first-order valence-electron chi connectivity index (χ1n) is 12.0. The van der Waals surface area contributed by atoms with E-state index in [0.29, 0.717) is 16.9 Å². The van der Waals surface area contributed by atoms with Crippen LogP contribution in [0.1, 0.15) is 29.7 Å². The Balaban J connectivity index is 1.26. The van der Waals surface area contributed by atoms with Crippen molar-refractivity contribution in [2.24, 2.45) is 4.99 Å². The Morgan fingerprint density at radius 1 is 0.800 bits per heavy atom. The molecule has 0 atom stereocenters. The molecule has 0 unspecified atom stereocenters. The Labute approximate surface area is 224 Å². The van der Waals surface area contributed by atoms with Gasteiger partial charge in [-0.3, -0.25) is 48.9 Å². The van der Waals surface area contributed by atoms with Gasteiger partial charge in [-0.2, -0.15) is 0 Å². The molecule has 0 saturated carbocycles. The number of nitrogens with zero attached hydrogens (tertiary/aromatic N) is 3. The van der Waals surface area contributed by atoms with E-state index in [1.54, 1.807) is 19.9 Å². The molecule has 0 aromatic carbocycles. The van der Waals surface area contributed by atoms with Gasteiger partial charge in [0, 0.05) is 67.7 Å². The lowest BCUT2D eigenvalue weighted by Crippen LogP contribution is -2.31. The Morgan fingerprint density at radius 2 is 1.30 bits per heavy atom. The smallest absolute Gasteiger partial charge is 0.328 e. The summed E-state index contributed by atoms with van der Waals surface area (Å²) in [5, 5.41) is 5.13. The first kappa shape index (κ1) is 27.6. The van der Waals surface area contributed by atoms with Gasteiger partial charge in [0.15, 0.2) is 5.88 Å². The Bertz CT molecular complexity index is 1680. The molecule has 0 aliphatic heterocycles. The second-order valence-electron chi connectivity index (χ2n) is 8.72. The van der Waals surface area contributed by atoms with Gasteiger partial charge >= 0.3 is 11.4 Å². The van der Waals surface area contributed by atoms with E-state index in [0.717, 1.165) is 0 Å². The van der Waals surface area contributed by atoms with E-state index < -0.39 is 34.3 Å². The monoisotopic (exact) mass is 551 g/mol. The summed E-state index contributed by atoms with van der Waals surface area (Å²) in [6, 6.07) is 6.12. The fourth-order valence-electron chi connectivity index (χ4n) is 3.49. The fourth-order valence-corrected chi connectivity index (χ4v) is 3.49. The molecule has 0 spiro atoms. The molecule has 0 fully saturated rings. The van der Waals surface area contributed by atoms with E-state index in [1.807, 2.05) is 0 Å². The van der Waals surface area contributed by atoms with Crippen LogP contribution in [0.3, 0.4) is 0 Å². The van der Waals surface area contributed by atoms with Crippen LogP contribution in [0.25, 0.3) is 0 Å². The number of rotatable bonds is 10. The number of hydrogen-bond donors (Lipinski definition) is 4. The van der Waals surface area contributed by atoms with Crippen molar-refractivity contribution in [1.29, 1.82) is 0 Å². The van der Waals surface area contributed by atoms with Gasteiger partial charge in [0.25, 0.3) is 11.1 Å². The molecule has 0 bridgehead atoms. The molecule has 40 heavy (non-hydrogen) atoms. The molecule has 15 heteroatoms. The highest BCUT2D eigenvalue weighted by Crippen LogP contribution is 2.21. The maximum absolute atomic E-state index is 12.2. The lowest BCUT2D eigenvalue weighted by Gasteiger charge is -2.05. The number of aromatic nitrogens is 4. The summed E-state index contributed by atoms with van der Waals surface area (Å²) in [6.07, 6.45) is 4.06. The predicted molar refractivity (Wildman–Crippen MR) is 143 cm³/mol. The third-order valence-electron chi connectivity index (χ3n) is 5.60. The van der Waals surface area contributed by atoms with Crippen LogP contribution < -0.4 is 33.1 Å². The average molecular weight is 552 g/mol. The predicted octanol–water partition coefficient (Wildman–Crippen LogP) is 0.998. The molecule has 0 saturated heterocycles. The van der Waals surface area contributed by atoms with Gasteiger partial charge in [-0.05, 0) is 19.9 Å². The molecule has 2 amide bonds. The normalized spacial score (nSPS) is 11.2. The first-order chi connectivity index (χ1) is 19.1. The van der Waals surface area contributed by atoms with Gasteiger partial charge in [0.05, 0.1) is 6.21 Å². The van der Waals surface area contributed by atoms with Gasteiger partial charge < -0.3 is 8.83 Å². The Kier molecular flexibility index (Phi) is 8.22. The number of nitrogens with one attached hydrogen (secondary N) is 4. The second kappa shape index (κ2) is 11.9. The molecular formula is C25H25N7O8. The Morgan fingerprint density at radius 3 is 1.85 bits per heavy atom. The van der Waals surface area contributed by atoms with Crippen molar-refractivity contribution in [2.75, 3.05) is 10.6 Å². The van der Waals surface area contributed by atoms with Crippen LogP contribution in [-0.2, 0) is 22.7 Å². The van der Waals surface area contributed by atoms with E-state index in [9.17, 15) is 28.8 Å². The fraction of sp³-hybridized carbons (Fsp3) is 0.240. The van der Waals surface area contributed by atoms with Crippen LogP contribution in [-0.4, -0.2) is 37.1 Å². The minimum Gasteiger partial charge on any atom is -0.439 e. The second-order valence-corrected chi connectivity index (χ2v) is 8.72. The van der Waals surface area contributed by atoms with Crippen LogP contribution in [0.2, 0.25) is 0 Å². The van der Waals surface area contributed by atoms with Gasteiger partial charge in [-0.15, -0.1) is 0 Å². The lowest BCUT2D eigenvalue weighted by molar-refractivity contribution is -0.117. The zero-order valence-corrected chi connectivity index (χ0v) is 21.5. The molecule has 4 N–H and O–H groups in total. The molecule has 4 aromatic rings. The number of hydrogen-bond acceptors (Lipinski definition) is 9. The summed E-state index contributed by atoms with van der Waals surface area (Å²) < 4.78 is 13.4. The number of furan rings is 2. The lowest BCUT2D eigenvalue weighted by atomic mass is 10.3. The standard InChI is InChI=1S/C25H25N7O8/c1-14-12-31(24(37)29-22(14)35)9-7-17(33)27-20-4-3-16(39-20)11-26-19-5-6-21(40-19)28-18(34)8-10-32-13-15(2)23(36)30-25(32)38/h3-6,11-13H,7-10H2,1-2H3,(H,27,33)(H,28,34)(H,29,35,37)(H,30,36,38)/b26-11+. The largest absolute Gasteiger partial charge is 0.439 e. The van der Waals surface area contributed by atoms with Crippen LogP contribution in [0.4, 0.5) is 17.7 Å². The number of amides is 2. The number of aryl methyl sites for hydroxylation is 4. The summed E-state index contributed by atoms with van der Waals surface area (Å²) in [5.74, 6) is -0.0158. The molecule has 15 nitrogen and oxygen atoms in total. The maximum Gasteiger partial charge on any atom is 0.328 e. The number of aliphatic imine (C=N–C) groups is 1. The van der Waals surface area contributed by atoms with Crippen molar-refractivity contribution in [3.8, 4) is 0 Å². The van der Waals surface area contributed by atoms with E-state index in [2.05, 4.69) is 25.6 Å². The van der Waals surface area contributed by atoms with Crippen LogP contribution in [0.5, 0.6) is 0 Å². The third-order valence-corrected chi connectivity index (χ3v) is 5.60. The van der Waals surface area contributed by atoms with Crippen molar-refractivity contribution in [2.45, 2.75) is 39.8 Å². The van der Waals surface area contributed by atoms with Crippen molar-refractivity contribution in [3.63, 3.8) is 0 Å². The van der Waals surface area contributed by atoms with Gasteiger partial charge in [-0.25, -0.2) is 14.6 Å². The average Bonchev–Trinajstić information content (AvgIpc) is 3.54. The topological polar surface area (TPSA) is 207 Å². The summed E-state index contributed by atoms with van der Waals surface area (Å²) in [5.41, 5.74) is -1.43. The third kappa shape index (κ3) is 7.09. The van der Waals surface area contributed by atoms with Gasteiger partial charge in [0.1, 0.15) is 5.76 Å². The van der Waals surface area contributed by atoms with E-state index in [-0.39, 0.29) is 43.6 Å². The number of aromatic amines is 2. The minimum atomic E-state index is -0.601. The summed E-state index contributed by atoms with van der Waals surface area (Å²) in [6.45, 7) is 3.25. The number of carbonyl (C=O) groups excluding carboxylic acids is 2. The van der Waals surface area contributed by atoms with Crippen molar-refractivity contribution in [3.05, 3.63) is 95.2 Å². The van der Waals surface area contributed by atoms with Gasteiger partial charge in [-0.1, -0.05) is 0 Å². The highest BCUT2D eigenvalue weighted by atomic mass is 16.4. The molecule has 0 aliphatic carbocycles. The van der Waals surface area contributed by atoms with E-state index in [4.69, 9.17) is 8.83 Å². The molecule has 4 rings (SSSR count). The van der Waals surface area contributed by atoms with Crippen LogP contribution in [0.15, 0.2) is 69.7 Å². The highest BCUT2D eigenvalue weighted by molar-refractivity contribution is 5.90. The van der Waals surface area contributed by atoms with E-state index in [1.165, 1.54) is 45.9 Å². The number of anilines is 2. The Hall–Kier alpha value is -5.47. The first-order valence-corrected chi connectivity index (χ1v) is 12.0. The van der Waals surface area contributed by atoms with Gasteiger partial charge in [0.2, 0.25) is 23.6 Å². The van der Waals surface area contributed by atoms with Crippen molar-refractivity contribution in [1.82, 2.24) is 19.1 Å². The molecule has 0 aliphatic rings. The number of H-pyrrole nitrogens is 2. The molecular weight excluding hydrogens is 526 g/mol. The van der Waals surface area contributed by atoms with Crippen molar-refractivity contribution >= 4 is 35.7 Å². The zero-order chi connectivity index (χ0) is 28.8. The summed E-state index contributed by atoms with van der Waals surface area (Å²) in [7, 11) is 0. The maximum atomic E-state index is 12.2. The van der Waals surface area contributed by atoms with Crippen LogP contribution in [0, 0.1) is 13.8 Å². The zero-order valence-electron chi connectivity index (χ0n) is 21.5. The summed E-state index contributed by atoms with van der Waals surface area (Å²) in [4.78, 5) is 79.4. The molecule has 0 radical (unpaired) electrons. The van der Waals surface area contributed by atoms with Crippen LogP contribution >= 0.6 is 0 Å². The number of carbonyl (C=O) groups is 2. The SMILES string of the molecule is Cc1cn(CCC(=O)Nc2ccc(/C=N/c3ccc(NC(=O)CCn4cc(C)c(=O)[nH]c4=O)o3)o2)c(=O)[nH]c1=O. The van der Waals surface area contributed by atoms with Crippen molar-refractivity contribution < 1.29 is 18.4 Å². The summed E-state index contributed by atoms with van der Waals surface area (Å²) >= 11 is 0.